The summed E-state index contributed by atoms with van der Waals surface area (Å²) in [7, 11) is 1.68. The number of nitrogens with one attached hydrogen (secondary N) is 1. The molecule has 0 saturated carbocycles. The van der Waals surface area contributed by atoms with Crippen molar-refractivity contribution in [2.75, 3.05) is 31.3 Å². The van der Waals surface area contributed by atoms with Crippen LogP contribution in [0.15, 0.2) is 30.6 Å². The van der Waals surface area contributed by atoms with Crippen LogP contribution in [0.4, 0.5) is 11.4 Å². The van der Waals surface area contributed by atoms with Crippen molar-refractivity contribution in [1.29, 1.82) is 0 Å². The Morgan fingerprint density at radius 3 is 3.00 bits per heavy atom. The Labute approximate surface area is 94.4 Å². The number of ether oxygens (including phenoxy) is 1. The fraction of sp³-hybridized carbons (Fsp3) is 0.250. The fourth-order valence-electron chi connectivity index (χ4n) is 1.66. The molecule has 0 aliphatic rings. The van der Waals surface area contributed by atoms with E-state index in [-0.39, 0.29) is 0 Å². The highest BCUT2D eigenvalue weighted by Crippen LogP contribution is 2.26. The molecule has 0 amide bonds. The number of benzene rings is 1. The van der Waals surface area contributed by atoms with E-state index in [1.807, 2.05) is 24.4 Å². The molecule has 0 aliphatic heterocycles. The van der Waals surface area contributed by atoms with Crippen molar-refractivity contribution >= 4 is 22.1 Å². The lowest BCUT2D eigenvalue weighted by Gasteiger charge is -2.10. The summed E-state index contributed by atoms with van der Waals surface area (Å²) in [5.74, 6) is 0. The third-order valence-electron chi connectivity index (χ3n) is 2.47. The van der Waals surface area contributed by atoms with Crippen LogP contribution in [-0.2, 0) is 4.74 Å². The van der Waals surface area contributed by atoms with E-state index in [0.717, 1.165) is 28.7 Å². The second-order valence-corrected chi connectivity index (χ2v) is 3.54. The molecule has 0 unspecified atom stereocenters. The summed E-state index contributed by atoms with van der Waals surface area (Å²) in [6.45, 7) is 1.44. The summed E-state index contributed by atoms with van der Waals surface area (Å²) < 4.78 is 5.00. The van der Waals surface area contributed by atoms with Gasteiger partial charge in [0.25, 0.3) is 0 Å². The zero-order valence-corrected chi connectivity index (χ0v) is 9.23. The predicted octanol–water partition coefficient (Wildman–Crippen LogP) is 1.88. The summed E-state index contributed by atoms with van der Waals surface area (Å²) in [5, 5.41) is 5.36. The Kier molecular flexibility index (Phi) is 3.22. The minimum absolute atomic E-state index is 0.673. The molecular weight excluding hydrogens is 202 g/mol. The van der Waals surface area contributed by atoms with Crippen molar-refractivity contribution in [3.63, 3.8) is 0 Å². The summed E-state index contributed by atoms with van der Waals surface area (Å²) in [6, 6.07) is 5.79. The second kappa shape index (κ2) is 4.81. The molecule has 0 radical (unpaired) electrons. The van der Waals surface area contributed by atoms with Crippen LogP contribution >= 0.6 is 0 Å². The molecule has 0 atom stereocenters. The molecule has 1 aromatic heterocycles. The Morgan fingerprint density at radius 1 is 1.31 bits per heavy atom. The number of aromatic nitrogens is 1. The number of rotatable bonds is 4. The highest BCUT2D eigenvalue weighted by Gasteiger charge is 2.02. The van der Waals surface area contributed by atoms with Crippen molar-refractivity contribution in [2.24, 2.45) is 0 Å². The van der Waals surface area contributed by atoms with E-state index in [4.69, 9.17) is 10.5 Å². The third kappa shape index (κ3) is 2.06. The molecule has 0 saturated heterocycles. The van der Waals surface area contributed by atoms with E-state index < -0.39 is 0 Å². The lowest BCUT2D eigenvalue weighted by Crippen LogP contribution is -2.08. The second-order valence-electron chi connectivity index (χ2n) is 3.54. The molecule has 84 valence electrons. The van der Waals surface area contributed by atoms with Crippen LogP contribution in [0.3, 0.4) is 0 Å². The van der Waals surface area contributed by atoms with Gasteiger partial charge in [0.2, 0.25) is 0 Å². The topological polar surface area (TPSA) is 60.2 Å². The number of anilines is 2. The van der Waals surface area contributed by atoms with Crippen molar-refractivity contribution in [2.45, 2.75) is 0 Å². The number of hydrogen-bond acceptors (Lipinski definition) is 4. The van der Waals surface area contributed by atoms with Crippen LogP contribution in [-0.4, -0.2) is 25.2 Å². The zero-order valence-electron chi connectivity index (χ0n) is 9.23. The van der Waals surface area contributed by atoms with Crippen molar-refractivity contribution in [1.82, 2.24) is 4.98 Å². The van der Waals surface area contributed by atoms with Crippen LogP contribution in [0.5, 0.6) is 0 Å². The van der Waals surface area contributed by atoms with E-state index in [9.17, 15) is 0 Å². The van der Waals surface area contributed by atoms with Gasteiger partial charge < -0.3 is 15.8 Å². The predicted molar refractivity (Wildman–Crippen MR) is 66.5 cm³/mol. The minimum atomic E-state index is 0.673. The summed E-state index contributed by atoms with van der Waals surface area (Å²) in [5.41, 5.74) is 7.71. The van der Waals surface area contributed by atoms with Gasteiger partial charge >= 0.3 is 0 Å². The van der Waals surface area contributed by atoms with E-state index in [1.165, 1.54) is 0 Å². The summed E-state index contributed by atoms with van der Waals surface area (Å²) in [4.78, 5) is 4.12. The van der Waals surface area contributed by atoms with Gasteiger partial charge in [0, 0.05) is 48.2 Å². The monoisotopic (exact) mass is 217 g/mol. The number of methoxy groups -OCH3 is 1. The van der Waals surface area contributed by atoms with Gasteiger partial charge in [-0.2, -0.15) is 0 Å². The number of nitrogens with zero attached hydrogens (tertiary/aromatic N) is 1. The number of fused-ring (bicyclic) bond motifs is 1. The van der Waals surface area contributed by atoms with Crippen LogP contribution in [0.1, 0.15) is 0 Å². The first kappa shape index (κ1) is 10.7. The maximum atomic E-state index is 5.90. The highest BCUT2D eigenvalue weighted by atomic mass is 16.5. The zero-order chi connectivity index (χ0) is 11.4. The van der Waals surface area contributed by atoms with E-state index in [1.54, 1.807) is 13.3 Å². The molecule has 0 spiro atoms. The van der Waals surface area contributed by atoms with Gasteiger partial charge in [0.1, 0.15) is 0 Å². The Hall–Kier alpha value is -1.81. The number of nitrogen functional groups attached to an aromatic ring is 1. The average Bonchev–Trinajstić information content (AvgIpc) is 2.33. The molecule has 0 bridgehead atoms. The van der Waals surface area contributed by atoms with Gasteiger partial charge in [0.15, 0.2) is 0 Å². The SMILES string of the molecule is COCCNc1ccc(N)c2ccncc12. The largest absolute Gasteiger partial charge is 0.398 e. The van der Waals surface area contributed by atoms with Crippen molar-refractivity contribution in [3.05, 3.63) is 30.6 Å². The average molecular weight is 217 g/mol. The van der Waals surface area contributed by atoms with E-state index >= 15 is 0 Å². The molecule has 4 nitrogen and oxygen atoms in total. The molecule has 3 N–H and O–H groups in total. The fourth-order valence-corrected chi connectivity index (χ4v) is 1.66. The van der Waals surface area contributed by atoms with Gasteiger partial charge in [0.05, 0.1) is 6.61 Å². The quantitative estimate of drug-likeness (QED) is 0.606. The van der Waals surface area contributed by atoms with Gasteiger partial charge in [-0.05, 0) is 18.2 Å². The Bertz CT molecular complexity index is 485. The van der Waals surface area contributed by atoms with Gasteiger partial charge in [-0.3, -0.25) is 4.98 Å². The Balaban J connectivity index is 2.35. The number of hydrogen-bond donors (Lipinski definition) is 2. The first-order valence-electron chi connectivity index (χ1n) is 5.18. The van der Waals surface area contributed by atoms with Crippen LogP contribution in [0.2, 0.25) is 0 Å². The molecule has 16 heavy (non-hydrogen) atoms. The molecule has 2 aromatic rings. The van der Waals surface area contributed by atoms with Crippen LogP contribution in [0.25, 0.3) is 10.8 Å². The standard InChI is InChI=1S/C12H15N3O/c1-16-7-6-15-12-3-2-11(13)9-4-5-14-8-10(9)12/h2-5,8,15H,6-7,13H2,1H3. The third-order valence-corrected chi connectivity index (χ3v) is 2.47. The molecule has 1 heterocycles. The van der Waals surface area contributed by atoms with E-state index in [0.29, 0.717) is 6.61 Å². The van der Waals surface area contributed by atoms with E-state index in [2.05, 4.69) is 10.3 Å². The van der Waals surface area contributed by atoms with Crippen LogP contribution < -0.4 is 11.1 Å². The molecule has 0 fully saturated rings. The minimum Gasteiger partial charge on any atom is -0.398 e. The molecule has 0 aliphatic carbocycles. The molecular formula is C12H15N3O. The summed E-state index contributed by atoms with van der Waals surface area (Å²) >= 11 is 0. The lowest BCUT2D eigenvalue weighted by molar-refractivity contribution is 0.211. The van der Waals surface area contributed by atoms with Gasteiger partial charge in [-0.25, -0.2) is 0 Å². The number of pyridine rings is 1. The summed E-state index contributed by atoms with van der Waals surface area (Å²) in [6.07, 6.45) is 3.57. The highest BCUT2D eigenvalue weighted by molar-refractivity contribution is 6.00. The Morgan fingerprint density at radius 2 is 2.19 bits per heavy atom. The molecule has 2 rings (SSSR count). The van der Waals surface area contributed by atoms with Crippen molar-refractivity contribution < 1.29 is 4.74 Å². The van der Waals surface area contributed by atoms with Crippen molar-refractivity contribution in [3.8, 4) is 0 Å². The van der Waals surface area contributed by atoms with Crippen LogP contribution in [0, 0.1) is 0 Å². The molecule has 4 heteroatoms. The van der Waals surface area contributed by atoms with Gasteiger partial charge in [-0.15, -0.1) is 0 Å². The maximum absolute atomic E-state index is 5.90. The first-order valence-corrected chi connectivity index (χ1v) is 5.18. The maximum Gasteiger partial charge on any atom is 0.0635 e. The smallest absolute Gasteiger partial charge is 0.0635 e. The lowest BCUT2D eigenvalue weighted by atomic mass is 10.1. The normalized spacial score (nSPS) is 10.6. The molecule has 1 aromatic carbocycles. The number of nitrogens with two attached hydrogens (primary N) is 1. The first-order chi connectivity index (χ1) is 7.83. The van der Waals surface area contributed by atoms with Gasteiger partial charge in [-0.1, -0.05) is 0 Å².